The molecule has 0 radical (unpaired) electrons. The van der Waals surface area contributed by atoms with Crippen LogP contribution in [0.25, 0.3) is 11.1 Å². The van der Waals surface area contributed by atoms with Crippen LogP contribution < -0.4 is 24.8 Å². The van der Waals surface area contributed by atoms with Crippen molar-refractivity contribution in [2.75, 3.05) is 0 Å². The maximum Gasteiger partial charge on any atom is -1.00 e. The first-order valence-corrected chi connectivity index (χ1v) is 15.6. The van der Waals surface area contributed by atoms with E-state index in [1.165, 1.54) is 53.3 Å². The summed E-state index contributed by atoms with van der Waals surface area (Å²) in [6, 6.07) is 19.8. The van der Waals surface area contributed by atoms with E-state index in [0.717, 1.165) is 19.3 Å². The number of fused-ring (bicyclic) bond motifs is 3. The van der Waals surface area contributed by atoms with Crippen molar-refractivity contribution < 1.29 is 49.0 Å². The van der Waals surface area contributed by atoms with Crippen LogP contribution in [0.4, 0.5) is 0 Å². The largest absolute Gasteiger partial charge is 1.00 e. The van der Waals surface area contributed by atoms with E-state index in [4.69, 9.17) is 0 Å². The summed E-state index contributed by atoms with van der Waals surface area (Å²) in [5, 5.41) is 0. The van der Waals surface area contributed by atoms with Crippen LogP contribution in [0.3, 0.4) is 0 Å². The summed E-state index contributed by atoms with van der Waals surface area (Å²) in [5.74, 6) is 0. The summed E-state index contributed by atoms with van der Waals surface area (Å²) < 4.78 is 1.51. The van der Waals surface area contributed by atoms with E-state index >= 15 is 0 Å². The average molecular weight is 659 g/mol. The molecule has 0 aromatic heterocycles. The molecule has 0 fully saturated rings. The van der Waals surface area contributed by atoms with Crippen LogP contribution >= 0.6 is 0 Å². The van der Waals surface area contributed by atoms with Gasteiger partial charge in [0.15, 0.2) is 0 Å². The van der Waals surface area contributed by atoms with E-state index in [1.807, 2.05) is 0 Å². The van der Waals surface area contributed by atoms with Gasteiger partial charge in [0.1, 0.15) is 0 Å². The Kier molecular flexibility index (Phi) is 15.2. The summed E-state index contributed by atoms with van der Waals surface area (Å²) in [6.45, 7) is 29.2. The van der Waals surface area contributed by atoms with Gasteiger partial charge in [-0.15, -0.1) is 5.56 Å². The molecule has 0 saturated heterocycles. The predicted octanol–water partition coefficient (Wildman–Crippen LogP) is 4.23. The van der Waals surface area contributed by atoms with Crippen LogP contribution in [0.1, 0.15) is 129 Å². The molecular formula is C37H52Cl2Zr-2. The summed E-state index contributed by atoms with van der Waals surface area (Å²) in [5.41, 5.74) is 13.6. The second-order valence-corrected chi connectivity index (χ2v) is 16.5. The Hall–Kier alpha value is -0.877. The smallest absolute Gasteiger partial charge is 1.00 e. The van der Waals surface area contributed by atoms with Gasteiger partial charge in [0, 0.05) is 0 Å². The zero-order valence-corrected chi connectivity index (χ0v) is 31.4. The third-order valence-corrected chi connectivity index (χ3v) is 7.16. The van der Waals surface area contributed by atoms with Crippen molar-refractivity contribution in [1.82, 2.24) is 0 Å². The monoisotopic (exact) mass is 656 g/mol. The fourth-order valence-electron chi connectivity index (χ4n) is 4.80. The normalized spacial score (nSPS) is 12.0. The molecule has 1 aliphatic rings. The first-order valence-electron chi connectivity index (χ1n) is 14.4. The molecule has 0 amide bonds. The molecule has 3 aromatic carbocycles. The van der Waals surface area contributed by atoms with Crippen LogP contribution in [0, 0.1) is 6.07 Å². The van der Waals surface area contributed by atoms with Gasteiger partial charge in [0.25, 0.3) is 0 Å². The Balaban J connectivity index is 0.000000692. The Morgan fingerprint density at radius 3 is 1.73 bits per heavy atom. The van der Waals surface area contributed by atoms with Crippen molar-refractivity contribution in [2.45, 2.75) is 126 Å². The zero-order valence-electron chi connectivity index (χ0n) is 27.4. The van der Waals surface area contributed by atoms with Crippen molar-refractivity contribution >= 4 is 3.21 Å². The molecule has 0 unspecified atom stereocenters. The molecule has 0 aliphatic heterocycles. The van der Waals surface area contributed by atoms with E-state index in [-0.39, 0.29) is 35.6 Å². The number of hydrogen-bond donors (Lipinski definition) is 0. The van der Waals surface area contributed by atoms with Gasteiger partial charge in [0.2, 0.25) is 0 Å². The van der Waals surface area contributed by atoms with Crippen molar-refractivity contribution in [3.05, 3.63) is 87.5 Å². The minimum atomic E-state index is 0. The van der Waals surface area contributed by atoms with Crippen molar-refractivity contribution in [1.29, 1.82) is 0 Å². The molecular weight excluding hydrogens is 607 g/mol. The Labute approximate surface area is 274 Å². The number of rotatable bonds is 2. The summed E-state index contributed by atoms with van der Waals surface area (Å²) in [7, 11) is 0. The maximum absolute atomic E-state index is 3.53. The molecule has 220 valence electrons. The fourth-order valence-corrected chi connectivity index (χ4v) is 4.80. The minimum Gasteiger partial charge on any atom is -1.00 e. The van der Waals surface area contributed by atoms with E-state index in [2.05, 4.69) is 139 Å². The quantitative estimate of drug-likeness (QED) is 0.283. The molecule has 0 saturated carbocycles. The van der Waals surface area contributed by atoms with Gasteiger partial charge in [-0.25, -0.2) is 6.07 Å². The van der Waals surface area contributed by atoms with Gasteiger partial charge in [-0.2, -0.15) is 52.1 Å². The molecule has 0 atom stereocenters. The van der Waals surface area contributed by atoms with Gasteiger partial charge in [-0.3, -0.25) is 0 Å². The van der Waals surface area contributed by atoms with Gasteiger partial charge >= 0.3 is 41.3 Å². The van der Waals surface area contributed by atoms with Gasteiger partial charge < -0.3 is 24.8 Å². The van der Waals surface area contributed by atoms with E-state index in [9.17, 15) is 0 Å². The van der Waals surface area contributed by atoms with Crippen LogP contribution in [0.2, 0.25) is 0 Å². The van der Waals surface area contributed by atoms with E-state index < -0.39 is 0 Å². The summed E-state index contributed by atoms with van der Waals surface area (Å²) >= 11 is 1.55. The van der Waals surface area contributed by atoms with Crippen LogP contribution in [0.5, 0.6) is 0 Å². The molecule has 0 bridgehead atoms. The van der Waals surface area contributed by atoms with Crippen molar-refractivity contribution in [3.8, 4) is 11.1 Å². The Morgan fingerprint density at radius 1 is 0.775 bits per heavy atom. The first kappa shape index (κ1) is 39.1. The molecule has 0 nitrogen and oxygen atoms in total. The standard InChI is InChI=1S/C21H25.C13H21.C3H6.2ClH.Zr/c1-20(2,3)16-9-7-14-11-15-8-10-17(21(4,5)6)13-19(15)18(14)12-16;1-6-10-8-11(7-2)12(9-10)13(3,4)5;1-3-2;;;/h7,9-10,12-13H,11H2,1-6H3;8-9H,6-7H2,1-5H3;1-2H3;2*1H;/q2*-1;;;;+2/p-2. The topological polar surface area (TPSA) is 0 Å². The number of aryl methyl sites for hydroxylation is 2. The van der Waals surface area contributed by atoms with Gasteiger partial charge in [-0.05, 0) is 17.4 Å². The van der Waals surface area contributed by atoms with Crippen LogP contribution in [-0.4, -0.2) is 3.21 Å². The molecule has 1 aliphatic carbocycles. The fraction of sp³-hybridized carbons (Fsp3) is 0.514. The number of halogens is 2. The van der Waals surface area contributed by atoms with Crippen molar-refractivity contribution in [2.24, 2.45) is 0 Å². The number of hydrogen-bond acceptors (Lipinski definition) is 0. The molecule has 3 aromatic rings. The van der Waals surface area contributed by atoms with Crippen LogP contribution in [-0.2, 0) is 59.7 Å². The van der Waals surface area contributed by atoms with E-state index in [0.29, 0.717) is 5.41 Å². The number of benzene rings is 2. The second kappa shape index (κ2) is 15.6. The molecule has 40 heavy (non-hydrogen) atoms. The molecule has 0 heterocycles. The average Bonchev–Trinajstić information content (AvgIpc) is 3.38. The van der Waals surface area contributed by atoms with Crippen molar-refractivity contribution in [3.63, 3.8) is 0 Å². The molecule has 4 rings (SSSR count). The summed E-state index contributed by atoms with van der Waals surface area (Å²) in [6.07, 6.45) is 3.34. The molecule has 0 N–H and O–H groups in total. The Morgan fingerprint density at radius 2 is 1.30 bits per heavy atom. The minimum absolute atomic E-state index is 0. The third kappa shape index (κ3) is 10.8. The zero-order chi connectivity index (χ0) is 29.1. The second-order valence-electron chi connectivity index (χ2n) is 14.1. The SMILES string of the molecule is CC(C)(C)c1c[c-]c2c(c1)-c1cc(C(C)(C)C)ccc1C2.CCc1cc(C(C)(C)C)c(CC)[cH-]1.C[C](C)=[Zr+2].[Cl-].[Cl-]. The van der Waals surface area contributed by atoms with Gasteiger partial charge in [-0.1, -0.05) is 129 Å². The molecule has 3 heteroatoms. The van der Waals surface area contributed by atoms with E-state index in [1.54, 1.807) is 24.2 Å². The first-order chi connectivity index (χ1) is 17.4. The maximum atomic E-state index is 3.53. The predicted molar refractivity (Wildman–Crippen MR) is 167 cm³/mol. The Bertz CT molecular complexity index is 1180. The van der Waals surface area contributed by atoms with Gasteiger partial charge in [0.05, 0.1) is 0 Å². The molecule has 0 spiro atoms. The summed E-state index contributed by atoms with van der Waals surface area (Å²) in [4.78, 5) is 0. The third-order valence-electron chi connectivity index (χ3n) is 7.16. The van der Waals surface area contributed by atoms with Crippen LogP contribution in [0.15, 0.2) is 42.5 Å².